The summed E-state index contributed by atoms with van der Waals surface area (Å²) in [5.41, 5.74) is 1.73. The van der Waals surface area contributed by atoms with Crippen molar-refractivity contribution in [3.05, 3.63) is 60.2 Å². The highest BCUT2D eigenvalue weighted by atomic mass is 16.2. The molecule has 0 aromatic heterocycles. The monoisotopic (exact) mass is 362 g/mol. The molecule has 27 heavy (non-hydrogen) atoms. The second-order valence-electron chi connectivity index (χ2n) is 6.64. The molecule has 1 atom stereocenters. The van der Waals surface area contributed by atoms with E-state index in [1.54, 1.807) is 24.3 Å². The van der Waals surface area contributed by atoms with Gasteiger partial charge in [-0.3, -0.25) is 14.5 Å². The van der Waals surface area contributed by atoms with E-state index in [9.17, 15) is 9.59 Å². The third kappa shape index (κ3) is 5.16. The molecular weight excluding hydrogens is 340 g/mol. The summed E-state index contributed by atoms with van der Waals surface area (Å²) in [5.74, 6) is -0.332. The number of rotatable bonds is 5. The molecule has 1 aliphatic rings. The maximum absolute atomic E-state index is 12.5. The molecule has 2 aromatic rings. The van der Waals surface area contributed by atoms with Gasteiger partial charge >= 0.3 is 0 Å². The standard InChI is InChI=1S/C21H22N4O2/c22-13-16-7-4-5-11-19(16)24-20(26)15-25-12-6-8-17(14-25)21(27)23-18-9-2-1-3-10-18/h1-5,7,9-11,17H,6,8,12,14-15H2,(H,23,27)(H,24,26). The van der Waals surface area contributed by atoms with Gasteiger partial charge in [0.1, 0.15) is 6.07 Å². The van der Waals surface area contributed by atoms with Crippen LogP contribution in [-0.4, -0.2) is 36.3 Å². The molecule has 0 radical (unpaired) electrons. The van der Waals surface area contributed by atoms with Crippen LogP contribution in [0.5, 0.6) is 0 Å². The van der Waals surface area contributed by atoms with Crippen molar-refractivity contribution in [2.24, 2.45) is 5.92 Å². The number of hydrogen-bond acceptors (Lipinski definition) is 4. The largest absolute Gasteiger partial charge is 0.326 e. The number of nitriles is 1. The van der Waals surface area contributed by atoms with Gasteiger partial charge in [-0.1, -0.05) is 30.3 Å². The van der Waals surface area contributed by atoms with Crippen molar-refractivity contribution < 1.29 is 9.59 Å². The lowest BCUT2D eigenvalue weighted by atomic mass is 9.97. The summed E-state index contributed by atoms with van der Waals surface area (Å²) in [6, 6.07) is 18.4. The molecule has 138 valence electrons. The van der Waals surface area contributed by atoms with Gasteiger partial charge in [0.2, 0.25) is 11.8 Å². The maximum atomic E-state index is 12.5. The topological polar surface area (TPSA) is 85.2 Å². The molecule has 2 N–H and O–H groups in total. The first-order valence-corrected chi connectivity index (χ1v) is 9.03. The molecule has 6 nitrogen and oxygen atoms in total. The van der Waals surface area contributed by atoms with Crippen LogP contribution in [0, 0.1) is 17.2 Å². The van der Waals surface area contributed by atoms with E-state index in [-0.39, 0.29) is 24.3 Å². The molecular formula is C21H22N4O2. The minimum absolute atomic E-state index is 0.0128. The second-order valence-corrected chi connectivity index (χ2v) is 6.64. The Labute approximate surface area is 158 Å². The Morgan fingerprint density at radius 1 is 1.07 bits per heavy atom. The fourth-order valence-electron chi connectivity index (χ4n) is 3.26. The molecule has 1 unspecified atom stereocenters. The summed E-state index contributed by atoms with van der Waals surface area (Å²) < 4.78 is 0. The summed E-state index contributed by atoms with van der Waals surface area (Å²) >= 11 is 0. The highest BCUT2D eigenvalue weighted by Crippen LogP contribution is 2.19. The highest BCUT2D eigenvalue weighted by Gasteiger charge is 2.27. The number of carbonyl (C=O) groups is 2. The fourth-order valence-corrected chi connectivity index (χ4v) is 3.26. The number of likely N-dealkylation sites (tertiary alicyclic amines) is 1. The van der Waals surface area contributed by atoms with Crippen LogP contribution in [0.15, 0.2) is 54.6 Å². The fraction of sp³-hybridized carbons (Fsp3) is 0.286. The average molecular weight is 362 g/mol. The smallest absolute Gasteiger partial charge is 0.238 e. The van der Waals surface area contributed by atoms with Gasteiger partial charge in [0.05, 0.1) is 23.7 Å². The molecule has 3 rings (SSSR count). The van der Waals surface area contributed by atoms with Crippen LogP contribution in [0.3, 0.4) is 0 Å². The van der Waals surface area contributed by atoms with Gasteiger partial charge < -0.3 is 10.6 Å². The summed E-state index contributed by atoms with van der Waals surface area (Å²) in [7, 11) is 0. The Morgan fingerprint density at radius 2 is 1.81 bits per heavy atom. The van der Waals surface area contributed by atoms with Gasteiger partial charge in [-0.25, -0.2) is 0 Å². The number of amides is 2. The first kappa shape index (κ1) is 18.6. The Bertz CT molecular complexity index is 845. The van der Waals surface area contributed by atoms with Crippen LogP contribution < -0.4 is 10.6 Å². The Kier molecular flexibility index (Phi) is 6.18. The Morgan fingerprint density at radius 3 is 2.59 bits per heavy atom. The summed E-state index contributed by atoms with van der Waals surface area (Å²) in [4.78, 5) is 26.8. The number of benzene rings is 2. The van der Waals surface area contributed by atoms with Crippen molar-refractivity contribution in [1.82, 2.24) is 4.90 Å². The molecule has 0 aliphatic carbocycles. The predicted molar refractivity (Wildman–Crippen MR) is 104 cm³/mol. The van der Waals surface area contributed by atoms with E-state index in [4.69, 9.17) is 5.26 Å². The van der Waals surface area contributed by atoms with Gasteiger partial charge in [-0.2, -0.15) is 5.26 Å². The molecule has 1 aliphatic heterocycles. The predicted octanol–water partition coefficient (Wildman–Crippen LogP) is 2.85. The van der Waals surface area contributed by atoms with Crippen molar-refractivity contribution >= 4 is 23.2 Å². The first-order valence-electron chi connectivity index (χ1n) is 9.03. The van der Waals surface area contributed by atoms with Gasteiger partial charge in [-0.15, -0.1) is 0 Å². The van der Waals surface area contributed by atoms with Crippen LogP contribution in [0.4, 0.5) is 11.4 Å². The van der Waals surface area contributed by atoms with Gasteiger partial charge in [-0.05, 0) is 43.7 Å². The molecule has 6 heteroatoms. The van der Waals surface area contributed by atoms with Crippen molar-refractivity contribution in [2.45, 2.75) is 12.8 Å². The average Bonchev–Trinajstić information content (AvgIpc) is 2.69. The van der Waals surface area contributed by atoms with E-state index in [2.05, 4.69) is 16.7 Å². The Balaban J connectivity index is 1.54. The number of piperidine rings is 1. The lowest BCUT2D eigenvalue weighted by Gasteiger charge is -2.31. The maximum Gasteiger partial charge on any atom is 0.238 e. The van der Waals surface area contributed by atoms with Crippen molar-refractivity contribution in [2.75, 3.05) is 30.3 Å². The van der Waals surface area contributed by atoms with Crippen LogP contribution in [0.25, 0.3) is 0 Å². The van der Waals surface area contributed by atoms with Crippen LogP contribution in [0.1, 0.15) is 18.4 Å². The first-order chi connectivity index (χ1) is 13.2. The number of nitrogens with one attached hydrogen (secondary N) is 2. The number of anilines is 2. The second kappa shape index (κ2) is 8.97. The zero-order chi connectivity index (χ0) is 19.1. The lowest BCUT2D eigenvalue weighted by molar-refractivity contribution is -0.123. The van der Waals surface area contributed by atoms with E-state index in [1.165, 1.54) is 0 Å². The molecule has 0 bridgehead atoms. The van der Waals surface area contributed by atoms with E-state index in [1.807, 2.05) is 35.2 Å². The molecule has 1 fully saturated rings. The third-order valence-electron chi connectivity index (χ3n) is 4.61. The van der Waals surface area contributed by atoms with Crippen molar-refractivity contribution in [3.8, 4) is 6.07 Å². The number of nitrogens with zero attached hydrogens (tertiary/aromatic N) is 2. The van der Waals surface area contributed by atoms with Crippen molar-refractivity contribution in [3.63, 3.8) is 0 Å². The molecule has 1 heterocycles. The quantitative estimate of drug-likeness (QED) is 0.856. The molecule has 2 aromatic carbocycles. The van der Waals surface area contributed by atoms with E-state index in [0.29, 0.717) is 17.8 Å². The summed E-state index contributed by atoms with van der Waals surface area (Å²) in [6.45, 7) is 1.53. The molecule has 1 saturated heterocycles. The minimum atomic E-state index is -0.179. The summed E-state index contributed by atoms with van der Waals surface area (Å²) in [5, 5.41) is 14.8. The lowest BCUT2D eigenvalue weighted by Crippen LogP contribution is -2.44. The van der Waals surface area contributed by atoms with E-state index >= 15 is 0 Å². The SMILES string of the molecule is N#Cc1ccccc1NC(=O)CN1CCCC(C(=O)Nc2ccccc2)C1. The molecule has 0 saturated carbocycles. The zero-order valence-corrected chi connectivity index (χ0v) is 15.0. The minimum Gasteiger partial charge on any atom is -0.326 e. The van der Waals surface area contributed by atoms with Gasteiger partial charge in [0, 0.05) is 12.2 Å². The Hall–Kier alpha value is -3.17. The molecule has 2 amide bonds. The number of hydrogen-bond donors (Lipinski definition) is 2. The summed E-state index contributed by atoms with van der Waals surface area (Å²) in [6.07, 6.45) is 1.68. The normalized spacial score (nSPS) is 16.9. The van der Waals surface area contributed by atoms with Gasteiger partial charge in [0.15, 0.2) is 0 Å². The third-order valence-corrected chi connectivity index (χ3v) is 4.61. The van der Waals surface area contributed by atoms with Gasteiger partial charge in [0.25, 0.3) is 0 Å². The van der Waals surface area contributed by atoms with Crippen LogP contribution in [0.2, 0.25) is 0 Å². The number of para-hydroxylation sites is 2. The van der Waals surface area contributed by atoms with Crippen LogP contribution >= 0.6 is 0 Å². The zero-order valence-electron chi connectivity index (χ0n) is 15.0. The highest BCUT2D eigenvalue weighted by molar-refractivity contribution is 5.94. The van der Waals surface area contributed by atoms with E-state index in [0.717, 1.165) is 25.1 Å². The van der Waals surface area contributed by atoms with Crippen molar-refractivity contribution in [1.29, 1.82) is 5.26 Å². The number of carbonyl (C=O) groups excluding carboxylic acids is 2. The van der Waals surface area contributed by atoms with E-state index < -0.39 is 0 Å². The molecule has 0 spiro atoms. The van der Waals surface area contributed by atoms with Crippen LogP contribution in [-0.2, 0) is 9.59 Å².